The van der Waals surface area contributed by atoms with Crippen LogP contribution in [-0.2, 0) is 11.3 Å². The van der Waals surface area contributed by atoms with E-state index in [1.807, 2.05) is 6.07 Å². The second-order valence-electron chi connectivity index (χ2n) is 6.21. The first-order valence-electron chi connectivity index (χ1n) is 8.18. The number of carbonyl (C=O) groups is 1. The minimum Gasteiger partial charge on any atom is -0.507 e. The zero-order chi connectivity index (χ0) is 18.3. The smallest absolute Gasteiger partial charge is 0.339 e. The molecule has 0 saturated carbocycles. The number of rotatable bonds is 3. The predicted molar refractivity (Wildman–Crippen MR) is 94.1 cm³/mol. The van der Waals surface area contributed by atoms with Crippen molar-refractivity contribution < 1.29 is 14.6 Å². The summed E-state index contributed by atoms with van der Waals surface area (Å²) in [7, 11) is 0. The summed E-state index contributed by atoms with van der Waals surface area (Å²) in [4.78, 5) is 29.3. The highest BCUT2D eigenvalue weighted by atomic mass is 16.5. The summed E-state index contributed by atoms with van der Waals surface area (Å²) < 4.78 is 6.94. The Morgan fingerprint density at radius 1 is 1.19 bits per heavy atom. The van der Waals surface area contributed by atoms with Crippen LogP contribution in [0, 0.1) is 6.92 Å². The van der Waals surface area contributed by atoms with Crippen molar-refractivity contribution >= 4 is 5.97 Å². The minimum atomic E-state index is -0.910. The maximum Gasteiger partial charge on any atom is 0.339 e. The number of aryl methyl sites for hydroxylation is 1. The topological polar surface area (TPSA) is 81.4 Å². The number of pyridine rings is 2. The van der Waals surface area contributed by atoms with Crippen molar-refractivity contribution in [3.8, 4) is 5.75 Å². The van der Waals surface area contributed by atoms with Gasteiger partial charge in [0.05, 0.1) is 12.1 Å². The molecule has 1 aliphatic rings. The molecule has 26 heavy (non-hydrogen) atoms. The van der Waals surface area contributed by atoms with Gasteiger partial charge in [0.25, 0.3) is 5.56 Å². The van der Waals surface area contributed by atoms with E-state index in [9.17, 15) is 14.7 Å². The number of nitrogens with zero attached hydrogens (tertiary/aromatic N) is 2. The average molecular weight is 348 g/mol. The van der Waals surface area contributed by atoms with Gasteiger partial charge in [0.1, 0.15) is 11.3 Å². The van der Waals surface area contributed by atoms with Crippen molar-refractivity contribution in [1.82, 2.24) is 9.55 Å². The number of carbonyl (C=O) groups excluding carboxylic acids is 1. The Morgan fingerprint density at radius 3 is 2.77 bits per heavy atom. The molecule has 0 aliphatic carbocycles. The molecule has 4 rings (SSSR count). The molecule has 2 aromatic heterocycles. The van der Waals surface area contributed by atoms with E-state index in [1.54, 1.807) is 54.2 Å². The van der Waals surface area contributed by atoms with Crippen LogP contribution in [0.25, 0.3) is 0 Å². The van der Waals surface area contributed by atoms with Crippen molar-refractivity contribution in [3.05, 3.63) is 93.2 Å². The molecular weight excluding hydrogens is 332 g/mol. The molecule has 1 N–H and O–H groups in total. The summed E-state index contributed by atoms with van der Waals surface area (Å²) in [6.07, 6.45) is 2.44. The maximum absolute atomic E-state index is 13.1. The van der Waals surface area contributed by atoms with Crippen LogP contribution in [0.15, 0.2) is 59.7 Å². The van der Waals surface area contributed by atoms with Crippen LogP contribution in [-0.4, -0.2) is 20.6 Å². The number of fused-ring (bicyclic) bond motifs is 1. The molecule has 0 radical (unpaired) electrons. The molecule has 0 amide bonds. The zero-order valence-corrected chi connectivity index (χ0v) is 14.0. The van der Waals surface area contributed by atoms with Gasteiger partial charge in [-0.3, -0.25) is 9.78 Å². The van der Waals surface area contributed by atoms with E-state index in [2.05, 4.69) is 4.98 Å². The molecule has 0 unspecified atom stereocenters. The Kier molecular flexibility index (Phi) is 3.80. The highest BCUT2D eigenvalue weighted by Gasteiger charge is 2.35. The Bertz CT molecular complexity index is 1060. The number of ether oxygens (including phenoxy) is 1. The van der Waals surface area contributed by atoms with Gasteiger partial charge in [-0.2, -0.15) is 0 Å². The van der Waals surface area contributed by atoms with Gasteiger partial charge in [-0.1, -0.05) is 24.3 Å². The molecule has 1 atom stereocenters. The first-order valence-corrected chi connectivity index (χ1v) is 8.18. The molecule has 6 nitrogen and oxygen atoms in total. The van der Waals surface area contributed by atoms with E-state index < -0.39 is 12.1 Å². The van der Waals surface area contributed by atoms with Gasteiger partial charge in [-0.15, -0.1) is 0 Å². The van der Waals surface area contributed by atoms with E-state index in [1.165, 1.54) is 6.07 Å². The third kappa shape index (κ3) is 2.56. The molecule has 0 fully saturated rings. The van der Waals surface area contributed by atoms with E-state index >= 15 is 0 Å². The van der Waals surface area contributed by atoms with Gasteiger partial charge in [0, 0.05) is 23.7 Å². The van der Waals surface area contributed by atoms with Crippen LogP contribution in [0.5, 0.6) is 5.75 Å². The van der Waals surface area contributed by atoms with E-state index in [-0.39, 0.29) is 16.9 Å². The van der Waals surface area contributed by atoms with Gasteiger partial charge in [-0.05, 0) is 30.7 Å². The highest BCUT2D eigenvalue weighted by Crippen LogP contribution is 2.37. The quantitative estimate of drug-likeness (QED) is 0.736. The molecule has 6 heteroatoms. The first kappa shape index (κ1) is 16.1. The monoisotopic (exact) mass is 348 g/mol. The number of benzene rings is 1. The molecule has 130 valence electrons. The minimum absolute atomic E-state index is 0.0674. The number of hydrogen-bond donors (Lipinski definition) is 1. The normalized spacial score (nSPS) is 15.6. The molecule has 3 heterocycles. The molecular formula is C20H16N2O4. The number of aromatic hydroxyl groups is 1. The van der Waals surface area contributed by atoms with Crippen LogP contribution >= 0.6 is 0 Å². The van der Waals surface area contributed by atoms with Crippen molar-refractivity contribution in [2.75, 3.05) is 0 Å². The summed E-state index contributed by atoms with van der Waals surface area (Å²) in [5.74, 6) is -0.673. The van der Waals surface area contributed by atoms with Crippen LogP contribution in [0.2, 0.25) is 0 Å². The fourth-order valence-electron chi connectivity index (χ4n) is 3.25. The van der Waals surface area contributed by atoms with Crippen LogP contribution < -0.4 is 5.56 Å². The average Bonchev–Trinajstić information content (AvgIpc) is 2.96. The fraction of sp³-hybridized carbons (Fsp3) is 0.150. The summed E-state index contributed by atoms with van der Waals surface area (Å²) in [6, 6.07) is 12.1. The molecule has 1 aliphatic heterocycles. The van der Waals surface area contributed by atoms with E-state index in [0.29, 0.717) is 23.4 Å². The number of hydrogen-bond acceptors (Lipinski definition) is 5. The van der Waals surface area contributed by atoms with Gasteiger partial charge in [-0.25, -0.2) is 4.79 Å². The summed E-state index contributed by atoms with van der Waals surface area (Å²) in [6.45, 7) is 2.06. The molecule has 3 aromatic rings. The fourth-order valence-corrected chi connectivity index (χ4v) is 3.25. The summed E-state index contributed by atoms with van der Waals surface area (Å²) >= 11 is 0. The zero-order valence-electron chi connectivity index (χ0n) is 14.0. The standard InChI is InChI=1S/C20H16N2O4/c1-12-9-16(23)17(18-14-6-2-3-7-15(14)20(25)26-18)19(24)22(12)11-13-5-4-8-21-10-13/h2-10,18,23H,11H2,1H3/t18-/m1/s1. The summed E-state index contributed by atoms with van der Waals surface area (Å²) in [5, 5.41) is 10.4. The largest absolute Gasteiger partial charge is 0.507 e. The highest BCUT2D eigenvalue weighted by molar-refractivity contribution is 5.94. The van der Waals surface area contributed by atoms with Crippen LogP contribution in [0.1, 0.15) is 38.8 Å². The van der Waals surface area contributed by atoms with Crippen molar-refractivity contribution in [1.29, 1.82) is 0 Å². The Hall–Kier alpha value is -3.41. The second-order valence-corrected chi connectivity index (χ2v) is 6.21. The van der Waals surface area contributed by atoms with Gasteiger partial charge in [0.15, 0.2) is 6.10 Å². The number of esters is 1. The third-order valence-electron chi connectivity index (χ3n) is 4.54. The van der Waals surface area contributed by atoms with Crippen molar-refractivity contribution in [3.63, 3.8) is 0 Å². The lowest BCUT2D eigenvalue weighted by molar-refractivity contribution is 0.0450. The molecule has 0 bridgehead atoms. The van der Waals surface area contributed by atoms with Crippen molar-refractivity contribution in [2.24, 2.45) is 0 Å². The summed E-state index contributed by atoms with van der Waals surface area (Å²) in [5.41, 5.74) is 2.15. The lowest BCUT2D eigenvalue weighted by Crippen LogP contribution is -2.28. The van der Waals surface area contributed by atoms with Crippen LogP contribution in [0.4, 0.5) is 0 Å². The predicted octanol–water partition coefficient (Wildman–Crippen LogP) is 2.57. The second kappa shape index (κ2) is 6.15. The first-order chi connectivity index (χ1) is 12.6. The molecule has 1 aromatic carbocycles. The number of aromatic nitrogens is 2. The SMILES string of the molecule is Cc1cc(O)c([C@@H]2OC(=O)c3ccccc32)c(=O)n1Cc1cccnc1. The molecule has 0 saturated heterocycles. The lowest BCUT2D eigenvalue weighted by atomic mass is 9.99. The lowest BCUT2D eigenvalue weighted by Gasteiger charge is -2.17. The van der Waals surface area contributed by atoms with Gasteiger partial charge >= 0.3 is 5.97 Å². The van der Waals surface area contributed by atoms with Gasteiger partial charge in [0.2, 0.25) is 0 Å². The van der Waals surface area contributed by atoms with E-state index in [4.69, 9.17) is 4.74 Å². The van der Waals surface area contributed by atoms with Crippen molar-refractivity contribution in [2.45, 2.75) is 19.6 Å². The Labute approximate surface area is 149 Å². The third-order valence-corrected chi connectivity index (χ3v) is 4.54. The van der Waals surface area contributed by atoms with Crippen LogP contribution in [0.3, 0.4) is 0 Å². The van der Waals surface area contributed by atoms with E-state index in [0.717, 1.165) is 5.56 Å². The maximum atomic E-state index is 13.1. The Morgan fingerprint density at radius 2 is 2.00 bits per heavy atom. The Balaban J connectivity index is 1.85. The molecule has 0 spiro atoms. The van der Waals surface area contributed by atoms with Gasteiger partial charge < -0.3 is 14.4 Å². The number of cyclic esters (lactones) is 1.